The van der Waals surface area contributed by atoms with Crippen LogP contribution >= 0.6 is 0 Å². The van der Waals surface area contributed by atoms with Gasteiger partial charge in [-0.1, -0.05) is 6.42 Å². The van der Waals surface area contributed by atoms with Gasteiger partial charge in [-0.2, -0.15) is 4.31 Å². The molecule has 4 rings (SSSR count). The summed E-state index contributed by atoms with van der Waals surface area (Å²) in [6.45, 7) is 4.01. The lowest BCUT2D eigenvalue weighted by molar-refractivity contribution is -0.133. The molecule has 2 saturated heterocycles. The number of hydrogen-bond donors (Lipinski definition) is 0. The van der Waals surface area contributed by atoms with Crippen molar-refractivity contribution in [2.45, 2.75) is 56.4 Å². The molecule has 0 N–H and O–H groups in total. The normalized spacial score (nSPS) is 23.1. The Morgan fingerprint density at radius 2 is 1.61 bits per heavy atom. The highest BCUT2D eigenvalue weighted by molar-refractivity contribution is 7.89. The third-order valence-corrected chi connectivity index (χ3v) is 7.92. The Kier molecular flexibility index (Phi) is 5.18. The second-order valence-electron chi connectivity index (χ2n) is 7.90. The van der Waals surface area contributed by atoms with Crippen molar-refractivity contribution >= 4 is 27.5 Å². The number of anilines is 1. The number of hydrogen-bond acceptors (Lipinski definition) is 4. The molecule has 8 heteroatoms. The van der Waals surface area contributed by atoms with E-state index in [-0.39, 0.29) is 16.7 Å². The maximum absolute atomic E-state index is 13.0. The van der Waals surface area contributed by atoms with E-state index in [4.69, 9.17) is 0 Å². The molecule has 28 heavy (non-hydrogen) atoms. The van der Waals surface area contributed by atoms with E-state index in [1.165, 1.54) is 11.8 Å². The third kappa shape index (κ3) is 3.33. The molecule has 152 valence electrons. The van der Waals surface area contributed by atoms with Crippen LogP contribution in [0.3, 0.4) is 0 Å². The van der Waals surface area contributed by atoms with Gasteiger partial charge in [0.2, 0.25) is 21.8 Å². The molecule has 0 spiro atoms. The van der Waals surface area contributed by atoms with E-state index < -0.39 is 16.1 Å². The molecule has 0 aliphatic carbocycles. The summed E-state index contributed by atoms with van der Waals surface area (Å²) in [7, 11) is -3.54. The number of likely N-dealkylation sites (tertiary alicyclic amines) is 1. The SMILES string of the molecule is CC(=O)N1c2ccc(S(=O)(=O)N3CCCCC3)cc2C[C@H]1C(=O)N1CCCC1. The minimum Gasteiger partial charge on any atom is -0.341 e. The molecule has 0 saturated carbocycles. The lowest BCUT2D eigenvalue weighted by Gasteiger charge is -2.27. The summed E-state index contributed by atoms with van der Waals surface area (Å²) in [6, 6.07) is 4.34. The monoisotopic (exact) mass is 405 g/mol. The quantitative estimate of drug-likeness (QED) is 0.768. The fraction of sp³-hybridized carbons (Fsp3) is 0.600. The van der Waals surface area contributed by atoms with Gasteiger partial charge in [0.15, 0.2) is 0 Å². The predicted octanol–water partition coefficient (Wildman–Crippen LogP) is 1.76. The average molecular weight is 406 g/mol. The molecule has 3 aliphatic rings. The Morgan fingerprint density at radius 1 is 0.964 bits per heavy atom. The van der Waals surface area contributed by atoms with Gasteiger partial charge >= 0.3 is 0 Å². The fourth-order valence-corrected chi connectivity index (χ4v) is 6.15. The van der Waals surface area contributed by atoms with Gasteiger partial charge in [-0.15, -0.1) is 0 Å². The van der Waals surface area contributed by atoms with E-state index >= 15 is 0 Å². The second kappa shape index (κ2) is 7.48. The Labute approximate surface area is 166 Å². The van der Waals surface area contributed by atoms with Crippen molar-refractivity contribution in [3.8, 4) is 0 Å². The number of fused-ring (bicyclic) bond motifs is 1. The molecule has 3 heterocycles. The van der Waals surface area contributed by atoms with Crippen molar-refractivity contribution in [1.82, 2.24) is 9.21 Å². The van der Waals surface area contributed by atoms with E-state index in [0.717, 1.165) is 50.8 Å². The van der Waals surface area contributed by atoms with Gasteiger partial charge in [0.05, 0.1) is 4.90 Å². The van der Waals surface area contributed by atoms with Crippen molar-refractivity contribution < 1.29 is 18.0 Å². The van der Waals surface area contributed by atoms with Gasteiger partial charge in [0.25, 0.3) is 0 Å². The molecular weight excluding hydrogens is 378 g/mol. The van der Waals surface area contributed by atoms with Crippen LogP contribution in [-0.4, -0.2) is 61.7 Å². The van der Waals surface area contributed by atoms with Gasteiger partial charge in [-0.25, -0.2) is 8.42 Å². The largest absolute Gasteiger partial charge is 0.341 e. The minimum absolute atomic E-state index is 0.0377. The number of rotatable bonds is 3. The summed E-state index contributed by atoms with van der Waals surface area (Å²) in [5.74, 6) is -0.229. The number of piperidine rings is 1. The smallest absolute Gasteiger partial charge is 0.246 e. The van der Waals surface area contributed by atoms with Crippen LogP contribution in [0.25, 0.3) is 0 Å². The first kappa shape index (κ1) is 19.4. The van der Waals surface area contributed by atoms with Gasteiger partial charge < -0.3 is 4.90 Å². The molecule has 0 aromatic heterocycles. The number of carbonyl (C=O) groups is 2. The molecule has 7 nitrogen and oxygen atoms in total. The van der Waals surface area contributed by atoms with Gasteiger partial charge in [-0.05, 0) is 49.4 Å². The maximum atomic E-state index is 13.0. The first-order chi connectivity index (χ1) is 13.4. The number of nitrogens with zero attached hydrogens (tertiary/aromatic N) is 3. The summed E-state index contributed by atoms with van der Waals surface area (Å²) >= 11 is 0. The molecule has 2 fully saturated rings. The van der Waals surface area contributed by atoms with Crippen molar-refractivity contribution in [1.29, 1.82) is 0 Å². The van der Waals surface area contributed by atoms with Crippen LogP contribution in [0.1, 0.15) is 44.6 Å². The van der Waals surface area contributed by atoms with Crippen LogP contribution in [-0.2, 0) is 26.0 Å². The summed E-state index contributed by atoms with van der Waals surface area (Å²) in [4.78, 5) is 28.9. The topological polar surface area (TPSA) is 78.0 Å². The maximum Gasteiger partial charge on any atom is 0.246 e. The number of benzene rings is 1. The second-order valence-corrected chi connectivity index (χ2v) is 9.83. The van der Waals surface area contributed by atoms with Gasteiger partial charge in [0.1, 0.15) is 6.04 Å². The van der Waals surface area contributed by atoms with Gasteiger partial charge in [-0.3, -0.25) is 14.5 Å². The number of carbonyl (C=O) groups excluding carboxylic acids is 2. The first-order valence-electron chi connectivity index (χ1n) is 10.1. The lowest BCUT2D eigenvalue weighted by atomic mass is 10.1. The highest BCUT2D eigenvalue weighted by atomic mass is 32.2. The van der Waals surface area contributed by atoms with E-state index in [1.54, 1.807) is 22.5 Å². The highest BCUT2D eigenvalue weighted by Gasteiger charge is 2.40. The van der Waals surface area contributed by atoms with Crippen molar-refractivity contribution in [2.24, 2.45) is 0 Å². The Hall–Kier alpha value is -1.93. The van der Waals surface area contributed by atoms with Crippen LogP contribution in [0.2, 0.25) is 0 Å². The Bertz CT molecular complexity index is 887. The van der Waals surface area contributed by atoms with Crippen LogP contribution in [0, 0.1) is 0 Å². The van der Waals surface area contributed by atoms with Crippen LogP contribution in [0.15, 0.2) is 23.1 Å². The standard InChI is InChI=1S/C20H27N3O4S/c1-15(24)23-18-8-7-17(28(26,27)22-11-3-2-4-12-22)13-16(18)14-19(23)20(25)21-9-5-6-10-21/h7-8,13,19H,2-6,9-12,14H2,1H3/t19-/m0/s1. The molecule has 1 aromatic rings. The third-order valence-electron chi connectivity index (χ3n) is 6.03. The van der Waals surface area contributed by atoms with Crippen LogP contribution in [0.4, 0.5) is 5.69 Å². The summed E-state index contributed by atoms with van der Waals surface area (Å²) < 4.78 is 27.5. The molecule has 3 aliphatic heterocycles. The zero-order valence-corrected chi connectivity index (χ0v) is 17.1. The molecule has 0 unspecified atom stereocenters. The Balaban J connectivity index is 1.64. The highest BCUT2D eigenvalue weighted by Crippen LogP contribution is 2.36. The van der Waals surface area contributed by atoms with E-state index in [9.17, 15) is 18.0 Å². The summed E-state index contributed by atoms with van der Waals surface area (Å²) in [5, 5.41) is 0. The lowest BCUT2D eigenvalue weighted by Crippen LogP contribution is -2.48. The minimum atomic E-state index is -3.54. The van der Waals surface area contributed by atoms with Crippen LogP contribution < -0.4 is 4.90 Å². The van der Waals surface area contributed by atoms with Gasteiger partial charge in [0, 0.05) is 45.2 Å². The Morgan fingerprint density at radius 3 is 2.25 bits per heavy atom. The summed E-state index contributed by atoms with van der Waals surface area (Å²) in [6.07, 6.45) is 5.18. The van der Waals surface area contributed by atoms with E-state index in [0.29, 0.717) is 25.2 Å². The van der Waals surface area contributed by atoms with E-state index in [2.05, 4.69) is 0 Å². The van der Waals surface area contributed by atoms with Crippen molar-refractivity contribution in [3.05, 3.63) is 23.8 Å². The number of amides is 2. The van der Waals surface area contributed by atoms with Crippen LogP contribution in [0.5, 0.6) is 0 Å². The number of sulfonamides is 1. The molecule has 1 aromatic carbocycles. The molecule has 0 radical (unpaired) electrons. The first-order valence-corrected chi connectivity index (χ1v) is 11.6. The zero-order valence-electron chi connectivity index (χ0n) is 16.3. The molecule has 1 atom stereocenters. The van der Waals surface area contributed by atoms with Crippen molar-refractivity contribution in [3.63, 3.8) is 0 Å². The zero-order chi connectivity index (χ0) is 19.9. The average Bonchev–Trinajstić information content (AvgIpc) is 3.35. The molecular formula is C20H27N3O4S. The van der Waals surface area contributed by atoms with E-state index in [1.807, 2.05) is 4.90 Å². The molecule has 0 bridgehead atoms. The molecule has 2 amide bonds. The van der Waals surface area contributed by atoms with Crippen molar-refractivity contribution in [2.75, 3.05) is 31.1 Å². The fourth-order valence-electron chi connectivity index (χ4n) is 4.58. The predicted molar refractivity (Wildman–Crippen MR) is 106 cm³/mol. The summed E-state index contributed by atoms with van der Waals surface area (Å²) in [5.41, 5.74) is 1.41.